The fraction of sp³-hybridized carbons (Fsp3) is 0.360. The van der Waals surface area contributed by atoms with Crippen LogP contribution in [-0.4, -0.2) is 35.8 Å². The van der Waals surface area contributed by atoms with E-state index in [1.54, 1.807) is 5.10 Å². The van der Waals surface area contributed by atoms with Crippen molar-refractivity contribution >= 4 is 22.4 Å². The van der Waals surface area contributed by atoms with E-state index in [0.717, 1.165) is 24.5 Å². The molecule has 1 unspecified atom stereocenters. The summed E-state index contributed by atoms with van der Waals surface area (Å²) in [7, 11) is 0. The first kappa shape index (κ1) is 28.9. The van der Waals surface area contributed by atoms with Gasteiger partial charge in [-0.25, -0.2) is 24.4 Å². The van der Waals surface area contributed by atoms with Crippen LogP contribution in [0, 0.1) is 11.7 Å². The van der Waals surface area contributed by atoms with Crippen molar-refractivity contribution in [2.24, 2.45) is 5.92 Å². The van der Waals surface area contributed by atoms with Crippen LogP contribution in [0.5, 0.6) is 0 Å². The van der Waals surface area contributed by atoms with Gasteiger partial charge in [0.15, 0.2) is 11.5 Å². The standard InChI is InChI=1S/C25H21F7N8O2/c26-15-5-14-16(6-13(15)17-7-34-20(21(33)38-17)25(30,31)32)35-10-40(23(14)42)9-11-2-1-3-12(4-11)37-18-8-36-39-22(41)19(18)24(27,28)29/h5-8,10-12H,1-4,9H2,(H2,33,38)(H2,37,39,41)/t11?,12-/m0/s1. The molecule has 0 radical (unpaired) electrons. The highest BCUT2D eigenvalue weighted by Crippen LogP contribution is 2.35. The smallest absolute Gasteiger partial charge is 0.382 e. The average molecular weight is 598 g/mol. The van der Waals surface area contributed by atoms with Crippen LogP contribution < -0.4 is 22.2 Å². The summed E-state index contributed by atoms with van der Waals surface area (Å²) in [5, 5.41) is 7.91. The Kier molecular flexibility index (Phi) is 7.36. The molecule has 0 saturated heterocycles. The second-order valence-corrected chi connectivity index (χ2v) is 9.90. The van der Waals surface area contributed by atoms with E-state index in [1.165, 1.54) is 10.9 Å². The molecule has 0 aliphatic heterocycles. The number of H-pyrrole nitrogens is 1. The summed E-state index contributed by atoms with van der Waals surface area (Å²) in [6, 6.07) is 1.62. The van der Waals surface area contributed by atoms with Crippen LogP contribution in [0.15, 0.2) is 40.4 Å². The second kappa shape index (κ2) is 10.7. The lowest BCUT2D eigenvalue weighted by Crippen LogP contribution is -2.34. The average Bonchev–Trinajstić information content (AvgIpc) is 2.89. The van der Waals surface area contributed by atoms with Crippen LogP contribution in [-0.2, 0) is 18.9 Å². The van der Waals surface area contributed by atoms with E-state index < -0.39 is 58.1 Å². The minimum absolute atomic E-state index is 0.0533. The van der Waals surface area contributed by atoms with Gasteiger partial charge in [0, 0.05) is 18.2 Å². The number of hydrogen-bond acceptors (Lipinski definition) is 8. The number of aromatic nitrogens is 6. The Balaban J connectivity index is 1.37. The topological polar surface area (TPSA) is 144 Å². The normalized spacial score (nSPS) is 17.9. The maximum atomic E-state index is 15.0. The zero-order valence-electron chi connectivity index (χ0n) is 21.4. The maximum Gasteiger partial charge on any atom is 0.437 e. The van der Waals surface area contributed by atoms with Crippen molar-refractivity contribution in [1.82, 2.24) is 29.7 Å². The fourth-order valence-electron chi connectivity index (χ4n) is 5.13. The summed E-state index contributed by atoms with van der Waals surface area (Å²) < 4.78 is 95.4. The molecule has 1 aliphatic rings. The van der Waals surface area contributed by atoms with Gasteiger partial charge in [-0.1, -0.05) is 6.42 Å². The van der Waals surface area contributed by atoms with E-state index >= 15 is 4.39 Å². The van der Waals surface area contributed by atoms with Crippen LogP contribution in [0.25, 0.3) is 22.2 Å². The molecule has 1 fully saturated rings. The van der Waals surface area contributed by atoms with Crippen molar-refractivity contribution in [3.05, 3.63) is 68.6 Å². The molecule has 10 nitrogen and oxygen atoms in total. The molecular weight excluding hydrogens is 577 g/mol. The number of nitrogens with zero attached hydrogens (tertiary/aromatic N) is 5. The van der Waals surface area contributed by atoms with E-state index in [2.05, 4.69) is 25.4 Å². The predicted molar refractivity (Wildman–Crippen MR) is 136 cm³/mol. The third-order valence-corrected chi connectivity index (χ3v) is 6.99. The van der Waals surface area contributed by atoms with Crippen molar-refractivity contribution in [2.75, 3.05) is 11.1 Å². The summed E-state index contributed by atoms with van der Waals surface area (Å²) in [5.74, 6) is -2.05. The van der Waals surface area contributed by atoms with Crippen molar-refractivity contribution in [3.63, 3.8) is 0 Å². The number of fused-ring (bicyclic) bond motifs is 1. The van der Waals surface area contributed by atoms with Gasteiger partial charge in [-0.05, 0) is 37.3 Å². The Morgan fingerprint density at radius 1 is 1.05 bits per heavy atom. The van der Waals surface area contributed by atoms with E-state index in [1.807, 2.05) is 0 Å². The first-order valence-corrected chi connectivity index (χ1v) is 12.5. The van der Waals surface area contributed by atoms with E-state index in [4.69, 9.17) is 5.73 Å². The van der Waals surface area contributed by atoms with Crippen LogP contribution >= 0.6 is 0 Å². The molecule has 222 valence electrons. The molecule has 17 heteroatoms. The molecule has 3 aromatic heterocycles. The molecule has 2 atom stereocenters. The number of nitrogens with two attached hydrogens (primary N) is 1. The van der Waals surface area contributed by atoms with Crippen LogP contribution in [0.3, 0.4) is 0 Å². The SMILES string of the molecule is Nc1nc(-c2cc3ncn(CC4CCC[C@H](Nc5cn[nH]c(=O)c5C(F)(F)F)C4)c(=O)c3cc2F)cnc1C(F)(F)F. The Morgan fingerprint density at radius 2 is 1.81 bits per heavy atom. The number of anilines is 2. The fourth-order valence-corrected chi connectivity index (χ4v) is 5.13. The van der Waals surface area contributed by atoms with Gasteiger partial charge in [-0.3, -0.25) is 14.2 Å². The molecule has 0 spiro atoms. The minimum Gasteiger partial charge on any atom is -0.382 e. The quantitative estimate of drug-likeness (QED) is 0.288. The third-order valence-electron chi connectivity index (χ3n) is 6.99. The molecule has 5 rings (SSSR count). The molecule has 0 bridgehead atoms. The molecule has 3 heterocycles. The molecule has 4 aromatic rings. The molecule has 1 aromatic carbocycles. The summed E-state index contributed by atoms with van der Waals surface area (Å²) in [6.45, 7) is 0.143. The number of halogens is 7. The third kappa shape index (κ3) is 5.75. The van der Waals surface area contributed by atoms with Gasteiger partial charge in [0.05, 0.1) is 41.0 Å². The van der Waals surface area contributed by atoms with Gasteiger partial charge in [0.2, 0.25) is 0 Å². The Labute approximate surface area is 230 Å². The largest absolute Gasteiger partial charge is 0.437 e. The number of nitrogen functional groups attached to an aromatic ring is 1. The lowest BCUT2D eigenvalue weighted by Gasteiger charge is -2.31. The highest BCUT2D eigenvalue weighted by atomic mass is 19.4. The van der Waals surface area contributed by atoms with Gasteiger partial charge < -0.3 is 11.1 Å². The summed E-state index contributed by atoms with van der Waals surface area (Å²) in [4.78, 5) is 36.0. The summed E-state index contributed by atoms with van der Waals surface area (Å²) in [5.41, 5.74) is -0.290. The lowest BCUT2D eigenvalue weighted by molar-refractivity contribution is -0.140. The minimum atomic E-state index is -4.89. The number of alkyl halides is 6. The number of hydrogen-bond donors (Lipinski definition) is 3. The molecular formula is C25H21F7N8O2. The van der Waals surface area contributed by atoms with Crippen molar-refractivity contribution in [2.45, 2.75) is 50.6 Å². The van der Waals surface area contributed by atoms with Gasteiger partial charge >= 0.3 is 12.4 Å². The Hall–Kier alpha value is -4.57. The van der Waals surface area contributed by atoms with Crippen molar-refractivity contribution < 1.29 is 30.7 Å². The van der Waals surface area contributed by atoms with E-state index in [-0.39, 0.29) is 34.6 Å². The van der Waals surface area contributed by atoms with E-state index in [0.29, 0.717) is 25.7 Å². The molecule has 1 aliphatic carbocycles. The van der Waals surface area contributed by atoms with Crippen LogP contribution in [0.2, 0.25) is 0 Å². The molecule has 42 heavy (non-hydrogen) atoms. The Bertz CT molecular complexity index is 1770. The highest BCUT2D eigenvalue weighted by molar-refractivity contribution is 5.83. The van der Waals surface area contributed by atoms with Gasteiger partial charge in [0.1, 0.15) is 11.4 Å². The lowest BCUT2D eigenvalue weighted by atomic mass is 9.85. The summed E-state index contributed by atoms with van der Waals surface area (Å²) >= 11 is 0. The number of rotatable bonds is 5. The van der Waals surface area contributed by atoms with E-state index in [9.17, 15) is 35.9 Å². The van der Waals surface area contributed by atoms with Crippen LogP contribution in [0.1, 0.15) is 36.9 Å². The first-order valence-electron chi connectivity index (χ1n) is 12.5. The number of nitrogens with one attached hydrogen (secondary N) is 2. The van der Waals surface area contributed by atoms with Gasteiger partial charge in [0.25, 0.3) is 11.1 Å². The van der Waals surface area contributed by atoms with Crippen molar-refractivity contribution in [3.8, 4) is 11.3 Å². The molecule has 1 saturated carbocycles. The monoisotopic (exact) mass is 598 g/mol. The predicted octanol–water partition coefficient (Wildman–Crippen LogP) is 4.37. The Morgan fingerprint density at radius 3 is 2.50 bits per heavy atom. The zero-order chi connectivity index (χ0) is 30.4. The number of benzene rings is 1. The maximum absolute atomic E-state index is 15.0. The van der Waals surface area contributed by atoms with Gasteiger partial charge in [-0.2, -0.15) is 31.4 Å². The van der Waals surface area contributed by atoms with Crippen LogP contribution in [0.4, 0.5) is 42.2 Å². The van der Waals surface area contributed by atoms with Gasteiger partial charge in [-0.15, -0.1) is 0 Å². The molecule has 4 N–H and O–H groups in total. The first-order chi connectivity index (χ1) is 19.7. The second-order valence-electron chi connectivity index (χ2n) is 9.90. The molecule has 0 amide bonds. The van der Waals surface area contributed by atoms with Crippen molar-refractivity contribution in [1.29, 1.82) is 0 Å². The summed E-state index contributed by atoms with van der Waals surface area (Å²) in [6.07, 6.45) is -4.70. The number of aromatic amines is 1. The zero-order valence-corrected chi connectivity index (χ0v) is 21.4. The highest BCUT2D eigenvalue weighted by Gasteiger charge is 2.38.